The van der Waals surface area contributed by atoms with Crippen molar-refractivity contribution in [1.29, 1.82) is 0 Å². The summed E-state index contributed by atoms with van der Waals surface area (Å²) < 4.78 is 5.13. The fraction of sp³-hybridized carbons (Fsp3) is 0.696. The van der Waals surface area contributed by atoms with Crippen molar-refractivity contribution >= 4 is 35.1 Å². The summed E-state index contributed by atoms with van der Waals surface area (Å²) in [6, 6.07) is 2.23. The lowest BCUT2D eigenvalue weighted by atomic mass is 9.78. The second kappa shape index (κ2) is 8.49. The topological polar surface area (TPSA) is 66.0 Å². The van der Waals surface area contributed by atoms with E-state index in [0.29, 0.717) is 48.2 Å². The lowest BCUT2D eigenvalue weighted by molar-refractivity contribution is -0.138. The highest BCUT2D eigenvalue weighted by Gasteiger charge is 2.50. The smallest absolute Gasteiger partial charge is 0.414 e. The van der Waals surface area contributed by atoms with Gasteiger partial charge in [-0.2, -0.15) is 0 Å². The molecule has 4 aliphatic rings. The number of piperidine rings is 1. The Kier molecular flexibility index (Phi) is 5.71. The van der Waals surface area contributed by atoms with Crippen LogP contribution in [0.3, 0.4) is 0 Å². The van der Waals surface area contributed by atoms with Crippen LogP contribution >= 0.6 is 11.6 Å². The minimum Gasteiger partial charge on any atom is -0.449 e. The number of nitrogens with zero attached hydrogens (tertiary/aromatic N) is 4. The van der Waals surface area contributed by atoms with Crippen LogP contribution in [0, 0.1) is 5.41 Å². The van der Waals surface area contributed by atoms with Crippen molar-refractivity contribution in [2.24, 2.45) is 5.41 Å². The van der Waals surface area contributed by atoms with Gasteiger partial charge < -0.3 is 14.5 Å². The molecule has 1 atom stereocenters. The van der Waals surface area contributed by atoms with Gasteiger partial charge in [-0.25, -0.2) is 9.78 Å². The first-order chi connectivity index (χ1) is 15.1. The zero-order chi connectivity index (χ0) is 21.4. The van der Waals surface area contributed by atoms with Gasteiger partial charge in [0, 0.05) is 32.2 Å². The van der Waals surface area contributed by atoms with Gasteiger partial charge in [0.15, 0.2) is 0 Å². The van der Waals surface area contributed by atoms with Crippen molar-refractivity contribution in [2.75, 3.05) is 42.6 Å². The molecule has 0 aromatic carbocycles. The number of carbonyl (C=O) groups excluding carboxylic acids is 2. The number of carbonyl (C=O) groups is 2. The third-order valence-corrected chi connectivity index (χ3v) is 7.81. The van der Waals surface area contributed by atoms with Gasteiger partial charge in [-0.15, -0.1) is 0 Å². The van der Waals surface area contributed by atoms with E-state index in [1.807, 2.05) is 0 Å². The van der Waals surface area contributed by atoms with Crippen molar-refractivity contribution in [2.45, 2.75) is 63.8 Å². The van der Waals surface area contributed by atoms with Crippen LogP contribution < -0.4 is 9.80 Å². The fourth-order valence-corrected chi connectivity index (χ4v) is 6.15. The van der Waals surface area contributed by atoms with Crippen molar-refractivity contribution in [1.82, 2.24) is 9.88 Å². The Morgan fingerprint density at radius 2 is 1.87 bits per heavy atom. The number of halogens is 1. The second-order valence-electron chi connectivity index (χ2n) is 9.46. The summed E-state index contributed by atoms with van der Waals surface area (Å²) in [5, 5.41) is 0.516. The van der Waals surface area contributed by atoms with Crippen LogP contribution in [-0.2, 0) is 9.53 Å². The Morgan fingerprint density at radius 3 is 2.65 bits per heavy atom. The highest BCUT2D eigenvalue weighted by atomic mass is 35.5. The van der Waals surface area contributed by atoms with Crippen molar-refractivity contribution in [3.8, 4) is 0 Å². The van der Waals surface area contributed by atoms with Crippen molar-refractivity contribution in [3.05, 3.63) is 17.3 Å². The molecule has 1 unspecified atom stereocenters. The van der Waals surface area contributed by atoms with Gasteiger partial charge in [0.2, 0.25) is 5.91 Å². The molecule has 4 heterocycles. The SMILES string of the molecule is O=C1OCCCN1c1cnc(N2CCCC3(CCN(C4CCCCC4)C3=O)C2)c(Cl)c1. The standard InChI is InChI=1S/C23H31ClN4O3/c24-19-14-18(28-11-5-13-31-22(28)30)15-25-20(19)26-10-4-8-23(16-26)9-12-27(21(23)29)17-6-2-1-3-7-17/h14-15,17H,1-13,16H2. The highest BCUT2D eigenvalue weighted by Crippen LogP contribution is 2.44. The summed E-state index contributed by atoms with van der Waals surface area (Å²) in [5.41, 5.74) is 0.348. The van der Waals surface area contributed by atoms with E-state index in [9.17, 15) is 9.59 Å². The molecule has 1 aliphatic carbocycles. The number of pyridine rings is 1. The fourth-order valence-electron chi connectivity index (χ4n) is 5.87. The predicted octanol–water partition coefficient (Wildman–Crippen LogP) is 4.23. The Morgan fingerprint density at radius 1 is 1.03 bits per heavy atom. The van der Waals surface area contributed by atoms with Crippen LogP contribution in [-0.4, -0.2) is 60.7 Å². The molecular formula is C23H31ClN4O3. The molecule has 1 saturated carbocycles. The monoisotopic (exact) mass is 446 g/mol. The lowest BCUT2D eigenvalue weighted by Gasteiger charge is -2.41. The molecule has 0 radical (unpaired) electrons. The van der Waals surface area contributed by atoms with E-state index < -0.39 is 0 Å². The third-order valence-electron chi connectivity index (χ3n) is 7.53. The molecule has 5 rings (SSSR count). The van der Waals surface area contributed by atoms with Crippen LogP contribution in [0.15, 0.2) is 12.3 Å². The van der Waals surface area contributed by atoms with E-state index in [4.69, 9.17) is 16.3 Å². The molecule has 0 bridgehead atoms. The number of anilines is 2. The number of hydrogen-bond donors (Lipinski definition) is 0. The van der Waals surface area contributed by atoms with Crippen molar-refractivity contribution < 1.29 is 14.3 Å². The minimum absolute atomic E-state index is 0.309. The number of hydrogen-bond acceptors (Lipinski definition) is 5. The Balaban J connectivity index is 1.32. The zero-order valence-electron chi connectivity index (χ0n) is 18.0. The maximum atomic E-state index is 13.5. The molecule has 2 amide bonds. The predicted molar refractivity (Wildman–Crippen MR) is 120 cm³/mol. The lowest BCUT2D eigenvalue weighted by Crippen LogP contribution is -2.50. The van der Waals surface area contributed by atoms with Gasteiger partial charge in [0.25, 0.3) is 0 Å². The summed E-state index contributed by atoms with van der Waals surface area (Å²) in [4.78, 5) is 36.1. The normalized spacial score (nSPS) is 27.8. The van der Waals surface area contributed by atoms with Gasteiger partial charge in [-0.1, -0.05) is 30.9 Å². The molecule has 3 saturated heterocycles. The van der Waals surface area contributed by atoms with Gasteiger partial charge in [-0.05, 0) is 44.6 Å². The number of likely N-dealkylation sites (tertiary alicyclic amines) is 1. The molecule has 1 spiro atoms. The average Bonchev–Trinajstić information content (AvgIpc) is 3.10. The quantitative estimate of drug-likeness (QED) is 0.695. The molecule has 8 heteroatoms. The summed E-state index contributed by atoms with van der Waals surface area (Å²) in [7, 11) is 0. The number of rotatable bonds is 3. The molecule has 0 N–H and O–H groups in total. The molecule has 1 aromatic heterocycles. The van der Waals surface area contributed by atoms with E-state index in [1.165, 1.54) is 19.3 Å². The zero-order valence-corrected chi connectivity index (χ0v) is 18.8. The number of amides is 2. The van der Waals surface area contributed by atoms with Gasteiger partial charge in [-0.3, -0.25) is 9.69 Å². The van der Waals surface area contributed by atoms with Crippen LogP contribution in [0.2, 0.25) is 5.02 Å². The summed E-state index contributed by atoms with van der Waals surface area (Å²) in [5.74, 6) is 1.05. The number of ether oxygens (including phenoxy) is 1. The molecule has 7 nitrogen and oxygen atoms in total. The summed E-state index contributed by atoms with van der Waals surface area (Å²) >= 11 is 6.63. The molecule has 168 valence electrons. The van der Waals surface area contributed by atoms with Gasteiger partial charge >= 0.3 is 6.09 Å². The van der Waals surface area contributed by atoms with Crippen LogP contribution in [0.4, 0.5) is 16.3 Å². The maximum absolute atomic E-state index is 13.5. The number of cyclic esters (lactones) is 1. The first-order valence-corrected chi connectivity index (χ1v) is 12.1. The average molecular weight is 447 g/mol. The third kappa shape index (κ3) is 3.86. The van der Waals surface area contributed by atoms with E-state index in [-0.39, 0.29) is 11.5 Å². The molecule has 31 heavy (non-hydrogen) atoms. The highest BCUT2D eigenvalue weighted by molar-refractivity contribution is 6.33. The Bertz CT molecular complexity index is 859. The molecule has 4 fully saturated rings. The molecular weight excluding hydrogens is 416 g/mol. The summed E-state index contributed by atoms with van der Waals surface area (Å²) in [6.45, 7) is 3.46. The van der Waals surface area contributed by atoms with E-state index in [1.54, 1.807) is 17.2 Å². The minimum atomic E-state index is -0.354. The van der Waals surface area contributed by atoms with E-state index in [2.05, 4.69) is 14.8 Å². The van der Waals surface area contributed by atoms with Crippen LogP contribution in [0.25, 0.3) is 0 Å². The van der Waals surface area contributed by atoms with Crippen LogP contribution in [0.1, 0.15) is 57.8 Å². The first-order valence-electron chi connectivity index (χ1n) is 11.7. The van der Waals surface area contributed by atoms with Gasteiger partial charge in [0.05, 0.1) is 28.9 Å². The summed E-state index contributed by atoms with van der Waals surface area (Å²) in [6.07, 6.45) is 11.0. The Labute approximate surface area is 188 Å². The van der Waals surface area contributed by atoms with Gasteiger partial charge in [0.1, 0.15) is 5.82 Å². The first kappa shape index (κ1) is 20.9. The number of aromatic nitrogens is 1. The largest absolute Gasteiger partial charge is 0.449 e. The maximum Gasteiger partial charge on any atom is 0.414 e. The molecule has 3 aliphatic heterocycles. The van der Waals surface area contributed by atoms with Crippen molar-refractivity contribution in [3.63, 3.8) is 0 Å². The van der Waals surface area contributed by atoms with E-state index in [0.717, 1.165) is 51.6 Å². The van der Waals surface area contributed by atoms with E-state index >= 15 is 0 Å². The Hall–Kier alpha value is -2.02. The van der Waals surface area contributed by atoms with Crippen LogP contribution in [0.5, 0.6) is 0 Å². The molecule has 1 aromatic rings. The second-order valence-corrected chi connectivity index (χ2v) is 9.87.